The molecule has 0 aliphatic heterocycles. The van der Waals surface area contributed by atoms with Gasteiger partial charge in [-0.1, -0.05) is 0 Å². The molecule has 3 rings (SSSR count). The van der Waals surface area contributed by atoms with E-state index < -0.39 is 11.8 Å². The van der Waals surface area contributed by atoms with Crippen molar-refractivity contribution >= 4 is 41.2 Å². The summed E-state index contributed by atoms with van der Waals surface area (Å²) in [4.78, 5) is 56.8. The van der Waals surface area contributed by atoms with Crippen LogP contribution in [0.3, 0.4) is 0 Å². The van der Waals surface area contributed by atoms with Gasteiger partial charge in [-0.2, -0.15) is 5.26 Å². The molecule has 4 amide bonds. The van der Waals surface area contributed by atoms with Crippen molar-refractivity contribution < 1.29 is 19.2 Å². The van der Waals surface area contributed by atoms with Crippen molar-refractivity contribution in [2.45, 2.75) is 27.2 Å². The molecule has 12 heteroatoms. The second-order valence-electron chi connectivity index (χ2n) is 7.44. The predicted octanol–water partition coefficient (Wildman–Crippen LogP) is 2.31. The highest BCUT2D eigenvalue weighted by Crippen LogP contribution is 2.24. The third-order valence-electron chi connectivity index (χ3n) is 5.33. The minimum Gasteiger partial charge on any atom is -0.355 e. The molecule has 0 aromatic carbocycles. The zero-order valence-corrected chi connectivity index (χ0v) is 18.8. The van der Waals surface area contributed by atoms with E-state index >= 15 is 0 Å². The van der Waals surface area contributed by atoms with Gasteiger partial charge in [0.05, 0.1) is 29.6 Å². The standard InChI is InChI=1S/C22H24N8O4/c1-11-14(28-10-31)7-25-18(11)21(33)30-16-9-27-19(13(16)3)22(34)29-15-8-26-17(12(15)2)20(32)24-6-4-5-23/h7-10,25-27H,4,6H2,1-3H3,(H,24,32)(H,28,31)(H,29,34)(H,30,33). The predicted molar refractivity (Wildman–Crippen MR) is 125 cm³/mol. The van der Waals surface area contributed by atoms with Crippen molar-refractivity contribution in [1.82, 2.24) is 20.3 Å². The van der Waals surface area contributed by atoms with E-state index in [4.69, 9.17) is 5.26 Å². The Labute approximate surface area is 194 Å². The van der Waals surface area contributed by atoms with Crippen molar-refractivity contribution in [3.05, 3.63) is 52.4 Å². The van der Waals surface area contributed by atoms with Crippen LogP contribution in [0.2, 0.25) is 0 Å². The number of H-pyrrole nitrogens is 3. The summed E-state index contributed by atoms with van der Waals surface area (Å²) in [6, 6.07) is 1.95. The number of amides is 4. The Bertz CT molecular complexity index is 1290. The Morgan fingerprint density at radius 2 is 1.26 bits per heavy atom. The molecule has 12 nitrogen and oxygen atoms in total. The number of aromatic nitrogens is 3. The number of nitrogens with zero attached hydrogens (tertiary/aromatic N) is 1. The number of aromatic amines is 3. The van der Waals surface area contributed by atoms with Gasteiger partial charge in [0.25, 0.3) is 17.7 Å². The van der Waals surface area contributed by atoms with Gasteiger partial charge in [0.15, 0.2) is 0 Å². The SMILES string of the molecule is Cc1c(NC=O)c[nH]c1C(=O)Nc1c[nH]c(C(=O)Nc2c[nH]c(C(=O)NCCC#N)c2C)c1C. The highest BCUT2D eigenvalue weighted by atomic mass is 16.2. The monoisotopic (exact) mass is 464 g/mol. The van der Waals surface area contributed by atoms with Crippen LogP contribution in [-0.2, 0) is 4.79 Å². The van der Waals surface area contributed by atoms with Crippen molar-refractivity contribution in [2.75, 3.05) is 22.5 Å². The number of rotatable bonds is 9. The second-order valence-corrected chi connectivity index (χ2v) is 7.44. The molecule has 3 aromatic heterocycles. The highest BCUT2D eigenvalue weighted by molar-refractivity contribution is 6.09. The zero-order chi connectivity index (χ0) is 24.8. The summed E-state index contributed by atoms with van der Waals surface area (Å²) in [6.07, 6.45) is 5.24. The molecule has 0 radical (unpaired) electrons. The van der Waals surface area contributed by atoms with Crippen LogP contribution in [0.4, 0.5) is 17.1 Å². The van der Waals surface area contributed by atoms with Gasteiger partial charge in [0.2, 0.25) is 6.41 Å². The first kappa shape index (κ1) is 23.9. The topological polar surface area (TPSA) is 188 Å². The lowest BCUT2D eigenvalue weighted by molar-refractivity contribution is -0.105. The maximum absolute atomic E-state index is 12.8. The van der Waals surface area contributed by atoms with Gasteiger partial charge in [-0.3, -0.25) is 19.2 Å². The summed E-state index contributed by atoms with van der Waals surface area (Å²) < 4.78 is 0. The number of hydrogen-bond acceptors (Lipinski definition) is 5. The summed E-state index contributed by atoms with van der Waals surface area (Å²) >= 11 is 0. The van der Waals surface area contributed by atoms with Gasteiger partial charge >= 0.3 is 0 Å². The molecule has 0 saturated carbocycles. The van der Waals surface area contributed by atoms with Crippen LogP contribution in [0.1, 0.15) is 54.6 Å². The van der Waals surface area contributed by atoms with E-state index in [0.717, 1.165) is 0 Å². The Morgan fingerprint density at radius 3 is 1.74 bits per heavy atom. The van der Waals surface area contributed by atoms with Crippen LogP contribution >= 0.6 is 0 Å². The number of nitrogens with one attached hydrogen (secondary N) is 7. The first-order valence-corrected chi connectivity index (χ1v) is 10.3. The molecular weight excluding hydrogens is 440 g/mol. The third-order valence-corrected chi connectivity index (χ3v) is 5.33. The molecule has 3 aromatic rings. The maximum atomic E-state index is 12.8. The van der Waals surface area contributed by atoms with Gasteiger partial charge in [-0.25, -0.2) is 0 Å². The van der Waals surface area contributed by atoms with Crippen molar-refractivity contribution in [3.63, 3.8) is 0 Å². The van der Waals surface area contributed by atoms with Crippen molar-refractivity contribution in [1.29, 1.82) is 5.26 Å². The molecule has 0 saturated heterocycles. The largest absolute Gasteiger partial charge is 0.355 e. The third kappa shape index (κ3) is 4.83. The van der Waals surface area contributed by atoms with Crippen LogP contribution < -0.4 is 21.3 Å². The average Bonchev–Trinajstić information content (AvgIpc) is 3.47. The minimum atomic E-state index is -0.454. The summed E-state index contributed by atoms with van der Waals surface area (Å²) in [5, 5.41) is 19.2. The van der Waals surface area contributed by atoms with Gasteiger partial charge in [-0.05, 0) is 20.8 Å². The molecule has 0 spiro atoms. The lowest BCUT2D eigenvalue weighted by Gasteiger charge is -2.07. The first-order valence-electron chi connectivity index (χ1n) is 10.3. The molecule has 0 aliphatic carbocycles. The number of carbonyl (C=O) groups excluding carboxylic acids is 4. The lowest BCUT2D eigenvalue weighted by atomic mass is 10.2. The van der Waals surface area contributed by atoms with E-state index in [1.807, 2.05) is 6.07 Å². The van der Waals surface area contributed by atoms with Crippen LogP contribution in [0.15, 0.2) is 18.6 Å². The van der Waals surface area contributed by atoms with Crippen LogP contribution in [0.5, 0.6) is 0 Å². The normalized spacial score (nSPS) is 10.3. The molecule has 7 N–H and O–H groups in total. The smallest absolute Gasteiger partial charge is 0.272 e. The quantitative estimate of drug-likeness (QED) is 0.189. The first-order chi connectivity index (χ1) is 16.3. The molecule has 3 heterocycles. The number of anilines is 3. The Morgan fingerprint density at radius 1 is 0.824 bits per heavy atom. The lowest BCUT2D eigenvalue weighted by Crippen LogP contribution is -2.25. The fourth-order valence-electron chi connectivity index (χ4n) is 3.36. The molecule has 0 fully saturated rings. The molecule has 0 unspecified atom stereocenters. The number of carbonyl (C=O) groups is 4. The van der Waals surface area contributed by atoms with Gasteiger partial charge in [-0.15, -0.1) is 0 Å². The highest BCUT2D eigenvalue weighted by Gasteiger charge is 2.21. The fraction of sp³-hybridized carbons (Fsp3) is 0.227. The summed E-state index contributed by atoms with van der Waals surface area (Å²) in [5.74, 6) is -1.26. The van der Waals surface area contributed by atoms with Gasteiger partial charge in [0.1, 0.15) is 17.1 Å². The Hall–Kier alpha value is -4.79. The molecule has 34 heavy (non-hydrogen) atoms. The molecule has 0 bridgehead atoms. The second kappa shape index (κ2) is 10.2. The maximum Gasteiger partial charge on any atom is 0.272 e. The minimum absolute atomic E-state index is 0.195. The van der Waals surface area contributed by atoms with Crippen molar-refractivity contribution in [2.24, 2.45) is 0 Å². The van der Waals surface area contributed by atoms with E-state index in [1.54, 1.807) is 20.8 Å². The Balaban J connectivity index is 1.70. The van der Waals surface area contributed by atoms with Crippen LogP contribution in [0, 0.1) is 32.1 Å². The van der Waals surface area contributed by atoms with E-state index in [2.05, 4.69) is 36.2 Å². The van der Waals surface area contributed by atoms with E-state index in [-0.39, 0.29) is 36.0 Å². The summed E-state index contributed by atoms with van der Waals surface area (Å²) in [6.45, 7) is 5.28. The molecule has 0 aliphatic rings. The molecular formula is C22H24N8O4. The summed E-state index contributed by atoms with van der Waals surface area (Å²) in [5.41, 5.74) is 3.77. The average molecular weight is 464 g/mol. The summed E-state index contributed by atoms with van der Waals surface area (Å²) in [7, 11) is 0. The number of nitriles is 1. The van der Waals surface area contributed by atoms with Crippen LogP contribution in [-0.4, -0.2) is 45.6 Å². The van der Waals surface area contributed by atoms with Crippen molar-refractivity contribution in [3.8, 4) is 6.07 Å². The van der Waals surface area contributed by atoms with E-state index in [9.17, 15) is 19.2 Å². The fourth-order valence-corrected chi connectivity index (χ4v) is 3.36. The Kier molecular flexibility index (Phi) is 7.17. The van der Waals surface area contributed by atoms with Gasteiger partial charge < -0.3 is 36.2 Å². The van der Waals surface area contributed by atoms with E-state index in [1.165, 1.54) is 18.6 Å². The molecule has 176 valence electrons. The zero-order valence-electron chi connectivity index (χ0n) is 18.8. The van der Waals surface area contributed by atoms with Crippen LogP contribution in [0.25, 0.3) is 0 Å². The molecule has 0 atom stereocenters. The van der Waals surface area contributed by atoms with Gasteiger partial charge in [0, 0.05) is 41.8 Å². The number of hydrogen-bond donors (Lipinski definition) is 7. The van der Waals surface area contributed by atoms with E-state index in [0.29, 0.717) is 40.2 Å².